The van der Waals surface area contributed by atoms with Crippen molar-refractivity contribution in [3.05, 3.63) is 169 Å². The highest BCUT2D eigenvalue weighted by Gasteiger charge is 2.18. The number of benzene rings is 6. The van der Waals surface area contributed by atoms with Crippen LogP contribution in [0.25, 0.3) is 49.4 Å². The van der Waals surface area contributed by atoms with Crippen molar-refractivity contribution in [2.24, 2.45) is 0 Å². The molecule has 0 bridgehead atoms. The lowest BCUT2D eigenvalue weighted by atomic mass is 9.85. The summed E-state index contributed by atoms with van der Waals surface area (Å²) in [5.74, 6) is 0. The minimum absolute atomic E-state index is 0.899. The molecule has 0 aromatic heterocycles. The van der Waals surface area contributed by atoms with Crippen molar-refractivity contribution in [3.63, 3.8) is 0 Å². The molecule has 0 amide bonds. The van der Waals surface area contributed by atoms with Crippen LogP contribution in [0.3, 0.4) is 0 Å². The van der Waals surface area contributed by atoms with Crippen LogP contribution < -0.4 is 4.90 Å². The SMILES string of the molecule is CCCN(C1=CC=C(c2c3ccccc3c(-c3ccc(-c4ccccc4)cc3)c3ccccc23)C=CC1)c1ccccc1C. The zero-order chi connectivity index (χ0) is 29.9. The first kappa shape index (κ1) is 27.7. The van der Waals surface area contributed by atoms with E-state index in [2.05, 4.69) is 170 Å². The Morgan fingerprint density at radius 2 is 1.09 bits per heavy atom. The summed E-state index contributed by atoms with van der Waals surface area (Å²) >= 11 is 0. The number of aryl methyl sites for hydroxylation is 1. The molecule has 0 fully saturated rings. The van der Waals surface area contributed by atoms with Gasteiger partial charge in [-0.1, -0.05) is 146 Å². The average molecular weight is 568 g/mol. The molecule has 0 unspecified atom stereocenters. The van der Waals surface area contributed by atoms with Crippen LogP contribution in [-0.2, 0) is 0 Å². The summed E-state index contributed by atoms with van der Waals surface area (Å²) in [6.07, 6.45) is 11.3. The van der Waals surface area contributed by atoms with Gasteiger partial charge in [0.2, 0.25) is 0 Å². The Kier molecular flexibility index (Phi) is 7.69. The molecule has 1 heteroatoms. The summed E-state index contributed by atoms with van der Waals surface area (Å²) in [5.41, 5.74) is 11.5. The van der Waals surface area contributed by atoms with Crippen LogP contribution in [0.1, 0.15) is 30.9 Å². The van der Waals surface area contributed by atoms with Crippen molar-refractivity contribution in [1.29, 1.82) is 0 Å². The minimum atomic E-state index is 0.899. The average Bonchev–Trinajstić information content (AvgIpc) is 3.33. The molecule has 0 radical (unpaired) electrons. The predicted octanol–water partition coefficient (Wildman–Crippen LogP) is 11.8. The molecule has 0 atom stereocenters. The summed E-state index contributed by atoms with van der Waals surface area (Å²) in [6, 6.07) is 46.2. The van der Waals surface area contributed by atoms with Gasteiger partial charge in [-0.15, -0.1) is 0 Å². The molecule has 1 aliphatic rings. The lowest BCUT2D eigenvalue weighted by Gasteiger charge is -2.28. The molecule has 6 aromatic rings. The van der Waals surface area contributed by atoms with Gasteiger partial charge in [0.1, 0.15) is 0 Å². The third-order valence-electron chi connectivity index (χ3n) is 8.78. The second-order valence-corrected chi connectivity index (χ2v) is 11.6. The van der Waals surface area contributed by atoms with E-state index in [-0.39, 0.29) is 0 Å². The first-order valence-corrected chi connectivity index (χ1v) is 15.7. The minimum Gasteiger partial charge on any atom is -0.345 e. The van der Waals surface area contributed by atoms with Crippen LogP contribution in [0.4, 0.5) is 5.69 Å². The van der Waals surface area contributed by atoms with E-state index in [1.807, 2.05) is 0 Å². The van der Waals surface area contributed by atoms with Gasteiger partial charge in [0, 0.05) is 24.4 Å². The van der Waals surface area contributed by atoms with Gasteiger partial charge in [-0.3, -0.25) is 0 Å². The Labute approximate surface area is 261 Å². The summed E-state index contributed by atoms with van der Waals surface area (Å²) in [7, 11) is 0. The Hall–Kier alpha value is -5.14. The lowest BCUT2D eigenvalue weighted by molar-refractivity contribution is 0.830. The normalized spacial score (nSPS) is 13.0. The maximum Gasteiger partial charge on any atom is 0.0438 e. The Morgan fingerprint density at radius 1 is 0.545 bits per heavy atom. The monoisotopic (exact) mass is 567 g/mol. The molecule has 0 spiro atoms. The molecular formula is C43H37N. The van der Waals surface area contributed by atoms with E-state index in [9.17, 15) is 0 Å². The van der Waals surface area contributed by atoms with Crippen molar-refractivity contribution in [2.75, 3.05) is 11.4 Å². The van der Waals surface area contributed by atoms with Crippen molar-refractivity contribution in [2.45, 2.75) is 26.7 Å². The molecule has 7 rings (SSSR count). The Bertz CT molecular complexity index is 1980. The first-order chi connectivity index (χ1) is 21.7. The van der Waals surface area contributed by atoms with Gasteiger partial charge in [-0.2, -0.15) is 0 Å². The van der Waals surface area contributed by atoms with Gasteiger partial charge >= 0.3 is 0 Å². The Morgan fingerprint density at radius 3 is 1.73 bits per heavy atom. The topological polar surface area (TPSA) is 3.24 Å². The summed E-state index contributed by atoms with van der Waals surface area (Å²) < 4.78 is 0. The number of nitrogens with zero attached hydrogens (tertiary/aromatic N) is 1. The quantitative estimate of drug-likeness (QED) is 0.173. The van der Waals surface area contributed by atoms with E-state index in [1.54, 1.807) is 0 Å². The van der Waals surface area contributed by atoms with Crippen molar-refractivity contribution in [3.8, 4) is 22.3 Å². The number of anilines is 1. The number of para-hydroxylation sites is 1. The molecule has 0 heterocycles. The van der Waals surface area contributed by atoms with Gasteiger partial charge in [-0.05, 0) is 86.0 Å². The summed E-state index contributed by atoms with van der Waals surface area (Å²) in [6.45, 7) is 5.47. The maximum absolute atomic E-state index is 2.50. The van der Waals surface area contributed by atoms with E-state index in [1.165, 1.54) is 71.9 Å². The molecule has 0 aliphatic heterocycles. The van der Waals surface area contributed by atoms with Gasteiger partial charge in [0.25, 0.3) is 0 Å². The molecule has 1 nitrogen and oxygen atoms in total. The fourth-order valence-corrected chi connectivity index (χ4v) is 6.70. The predicted molar refractivity (Wildman–Crippen MR) is 191 cm³/mol. The molecule has 0 saturated carbocycles. The number of fused-ring (bicyclic) bond motifs is 2. The van der Waals surface area contributed by atoms with Crippen molar-refractivity contribution < 1.29 is 0 Å². The maximum atomic E-state index is 2.50. The van der Waals surface area contributed by atoms with Crippen LogP contribution in [0, 0.1) is 6.92 Å². The number of hydrogen-bond acceptors (Lipinski definition) is 1. The zero-order valence-electron chi connectivity index (χ0n) is 25.5. The second-order valence-electron chi connectivity index (χ2n) is 11.6. The largest absolute Gasteiger partial charge is 0.345 e. The van der Waals surface area contributed by atoms with E-state index in [0.29, 0.717) is 0 Å². The fraction of sp³-hybridized carbons (Fsp3) is 0.116. The van der Waals surface area contributed by atoms with E-state index >= 15 is 0 Å². The molecule has 1 aliphatic carbocycles. The van der Waals surface area contributed by atoms with Crippen molar-refractivity contribution in [1.82, 2.24) is 0 Å². The third kappa shape index (κ3) is 5.16. The number of rotatable bonds is 7. The van der Waals surface area contributed by atoms with Gasteiger partial charge < -0.3 is 4.90 Å². The summed E-state index contributed by atoms with van der Waals surface area (Å²) in [5, 5.41) is 5.13. The third-order valence-corrected chi connectivity index (χ3v) is 8.78. The first-order valence-electron chi connectivity index (χ1n) is 15.7. The molecule has 6 aromatic carbocycles. The molecular weight excluding hydrogens is 530 g/mol. The van der Waals surface area contributed by atoms with Gasteiger partial charge in [-0.25, -0.2) is 0 Å². The van der Waals surface area contributed by atoms with Crippen LogP contribution in [0.2, 0.25) is 0 Å². The highest BCUT2D eigenvalue weighted by molar-refractivity contribution is 6.19. The van der Waals surface area contributed by atoms with Crippen LogP contribution in [-0.4, -0.2) is 6.54 Å². The highest BCUT2D eigenvalue weighted by atomic mass is 15.1. The van der Waals surface area contributed by atoms with E-state index < -0.39 is 0 Å². The number of allylic oxidation sites excluding steroid dienone is 5. The second kappa shape index (κ2) is 12.2. The smallest absolute Gasteiger partial charge is 0.0438 e. The fourth-order valence-electron chi connectivity index (χ4n) is 6.70. The Balaban J connectivity index is 1.38. The van der Waals surface area contributed by atoms with E-state index in [0.717, 1.165) is 19.4 Å². The standard InChI is InChI=1S/C43H37N/c1-3-30-44(41-23-12-7-14-31(41)2)36-18-13-17-34(28-29-36)42-37-19-8-10-21-39(37)43(40-22-11-9-20-38(40)42)35-26-24-33(25-27-35)32-15-5-4-6-16-32/h4-17,19-29H,3,18,30H2,1-2H3. The molecule has 0 N–H and O–H groups in total. The lowest BCUT2D eigenvalue weighted by Crippen LogP contribution is -2.23. The zero-order valence-corrected chi connectivity index (χ0v) is 25.5. The molecule has 44 heavy (non-hydrogen) atoms. The number of hydrogen-bond donors (Lipinski definition) is 0. The van der Waals surface area contributed by atoms with E-state index in [4.69, 9.17) is 0 Å². The highest BCUT2D eigenvalue weighted by Crippen LogP contribution is 2.43. The van der Waals surface area contributed by atoms with Crippen LogP contribution >= 0.6 is 0 Å². The van der Waals surface area contributed by atoms with Gasteiger partial charge in [0.05, 0.1) is 0 Å². The van der Waals surface area contributed by atoms with Gasteiger partial charge in [0.15, 0.2) is 0 Å². The summed E-state index contributed by atoms with van der Waals surface area (Å²) in [4.78, 5) is 2.50. The van der Waals surface area contributed by atoms with Crippen molar-refractivity contribution >= 4 is 32.8 Å². The van der Waals surface area contributed by atoms with Crippen LogP contribution in [0.5, 0.6) is 0 Å². The molecule has 214 valence electrons. The van der Waals surface area contributed by atoms with Crippen LogP contribution in [0.15, 0.2) is 157 Å². The molecule has 0 saturated heterocycles.